The monoisotopic (exact) mass is 474 g/mol. The molecule has 7 aromatic rings. The van der Waals surface area contributed by atoms with Gasteiger partial charge < -0.3 is 9.97 Å². The molecule has 2 aromatic carbocycles. The number of thiophene rings is 2. The van der Waals surface area contributed by atoms with Gasteiger partial charge in [0.15, 0.2) is 11.3 Å². The summed E-state index contributed by atoms with van der Waals surface area (Å²) in [6.07, 6.45) is 0. The Balaban J connectivity index is 1.20. The maximum absolute atomic E-state index is 4.84. The Morgan fingerprint density at radius 3 is 1.68 bits per heavy atom. The molecule has 5 aromatic heterocycles. The Morgan fingerprint density at radius 2 is 1.15 bits per heavy atom. The highest BCUT2D eigenvalue weighted by Gasteiger charge is 2.11. The normalized spacial score (nSPS) is 11.5. The van der Waals surface area contributed by atoms with Gasteiger partial charge in [-0.2, -0.15) is 11.3 Å². The molecule has 162 valence electrons. The number of hydrogen-bond acceptors (Lipinski definition) is 4. The summed E-state index contributed by atoms with van der Waals surface area (Å²) in [5.74, 6) is 0. The molecule has 0 spiro atoms. The van der Waals surface area contributed by atoms with E-state index < -0.39 is 0 Å². The predicted molar refractivity (Wildman–Crippen MR) is 143 cm³/mol. The molecular formula is C28H18N4S2. The van der Waals surface area contributed by atoms with Crippen molar-refractivity contribution in [2.24, 2.45) is 0 Å². The molecule has 0 bridgehead atoms. The number of rotatable bonds is 4. The zero-order valence-corrected chi connectivity index (χ0v) is 19.6. The third kappa shape index (κ3) is 3.36. The molecule has 5 heterocycles. The highest BCUT2D eigenvalue weighted by molar-refractivity contribution is 7.13. The summed E-state index contributed by atoms with van der Waals surface area (Å²) >= 11 is 3.47. The topological polar surface area (TPSA) is 57.4 Å². The number of nitrogens with one attached hydrogen (secondary N) is 2. The minimum absolute atomic E-state index is 0.794. The molecule has 0 unspecified atom stereocenters. The van der Waals surface area contributed by atoms with Crippen molar-refractivity contribution >= 4 is 45.0 Å². The van der Waals surface area contributed by atoms with Crippen LogP contribution in [-0.4, -0.2) is 19.9 Å². The Morgan fingerprint density at radius 1 is 0.559 bits per heavy atom. The summed E-state index contributed by atoms with van der Waals surface area (Å²) in [7, 11) is 0. The van der Waals surface area contributed by atoms with Crippen molar-refractivity contribution in [1.29, 1.82) is 0 Å². The second kappa shape index (κ2) is 7.80. The van der Waals surface area contributed by atoms with Gasteiger partial charge in [0.2, 0.25) is 0 Å². The van der Waals surface area contributed by atoms with Crippen molar-refractivity contribution < 1.29 is 0 Å². The minimum Gasteiger partial charge on any atom is -0.338 e. The maximum Gasteiger partial charge on any atom is 0.157 e. The van der Waals surface area contributed by atoms with E-state index in [9.17, 15) is 0 Å². The molecule has 0 aliphatic heterocycles. The first kappa shape index (κ1) is 19.5. The molecule has 2 N–H and O–H groups in total. The molecule has 0 aliphatic rings. The molecule has 7 rings (SSSR count). The fourth-order valence-corrected chi connectivity index (χ4v) is 5.68. The fraction of sp³-hybridized carbons (Fsp3) is 0. The molecule has 0 saturated carbocycles. The van der Waals surface area contributed by atoms with Gasteiger partial charge >= 0.3 is 0 Å². The van der Waals surface area contributed by atoms with Crippen molar-refractivity contribution in [2.45, 2.75) is 0 Å². The highest BCUT2D eigenvalue weighted by Crippen LogP contribution is 2.31. The van der Waals surface area contributed by atoms with Gasteiger partial charge in [0.05, 0.1) is 0 Å². The van der Waals surface area contributed by atoms with Crippen LogP contribution >= 0.6 is 22.7 Å². The van der Waals surface area contributed by atoms with Gasteiger partial charge in [0.25, 0.3) is 0 Å². The van der Waals surface area contributed by atoms with Crippen molar-refractivity contribution in [1.82, 2.24) is 19.9 Å². The van der Waals surface area contributed by atoms with Crippen LogP contribution in [0.15, 0.2) is 95.0 Å². The van der Waals surface area contributed by atoms with Gasteiger partial charge in [0.1, 0.15) is 11.0 Å². The molecule has 0 amide bonds. The Kier molecular flexibility index (Phi) is 4.46. The number of H-pyrrole nitrogens is 2. The second-order valence-electron chi connectivity index (χ2n) is 8.20. The van der Waals surface area contributed by atoms with Crippen LogP contribution in [0.1, 0.15) is 0 Å². The van der Waals surface area contributed by atoms with Gasteiger partial charge in [-0.05, 0) is 68.2 Å². The first-order valence-corrected chi connectivity index (χ1v) is 12.8. The van der Waals surface area contributed by atoms with Crippen molar-refractivity contribution in [3.8, 4) is 44.1 Å². The number of benzene rings is 2. The van der Waals surface area contributed by atoms with Crippen LogP contribution in [0.2, 0.25) is 0 Å². The largest absolute Gasteiger partial charge is 0.338 e. The molecule has 0 atom stereocenters. The lowest BCUT2D eigenvalue weighted by Crippen LogP contribution is -1.83. The highest BCUT2D eigenvalue weighted by atomic mass is 32.1. The summed E-state index contributed by atoms with van der Waals surface area (Å²) < 4.78 is 0. The van der Waals surface area contributed by atoms with E-state index in [1.54, 1.807) is 22.7 Å². The van der Waals surface area contributed by atoms with Crippen molar-refractivity contribution in [2.75, 3.05) is 0 Å². The van der Waals surface area contributed by atoms with Gasteiger partial charge in [-0.25, -0.2) is 9.97 Å². The number of aromatic nitrogens is 4. The lowest BCUT2D eigenvalue weighted by molar-refractivity contribution is 1.32. The smallest absolute Gasteiger partial charge is 0.157 e. The Hall–Kier alpha value is -4.00. The summed E-state index contributed by atoms with van der Waals surface area (Å²) in [5.41, 5.74) is 11.3. The number of nitrogens with zero attached hydrogens (tertiary/aromatic N) is 2. The van der Waals surface area contributed by atoms with Gasteiger partial charge in [-0.1, -0.05) is 54.6 Å². The number of hydrogen-bond donors (Lipinski definition) is 2. The van der Waals surface area contributed by atoms with Crippen LogP contribution in [-0.2, 0) is 0 Å². The van der Waals surface area contributed by atoms with Crippen molar-refractivity contribution in [3.05, 3.63) is 95.0 Å². The van der Waals surface area contributed by atoms with E-state index in [-0.39, 0.29) is 0 Å². The van der Waals surface area contributed by atoms with Gasteiger partial charge in [0, 0.05) is 16.3 Å². The van der Waals surface area contributed by atoms with Crippen LogP contribution in [0.3, 0.4) is 0 Å². The van der Waals surface area contributed by atoms with Crippen molar-refractivity contribution in [3.63, 3.8) is 0 Å². The zero-order valence-electron chi connectivity index (χ0n) is 17.9. The van der Waals surface area contributed by atoms with E-state index in [0.29, 0.717) is 0 Å². The number of fused-ring (bicyclic) bond motifs is 2. The average molecular weight is 475 g/mol. The third-order valence-electron chi connectivity index (χ3n) is 6.07. The maximum atomic E-state index is 4.84. The molecule has 0 fully saturated rings. The second-order valence-corrected chi connectivity index (χ2v) is 9.93. The summed E-state index contributed by atoms with van der Waals surface area (Å²) in [6, 6.07) is 27.7. The molecule has 0 radical (unpaired) electrons. The molecule has 34 heavy (non-hydrogen) atoms. The standard InChI is InChI=1S/C28H18N4S2/c1-2-26(34-12-1)20-9-7-19(8-10-20)23-15-25-28(30-23)31-24-14-22(29-27(24)32-25)18-5-3-17(4-6-18)21-11-13-33-16-21/h1-16H,(H,29,32)(H,30,31). The molecule has 0 aliphatic carbocycles. The summed E-state index contributed by atoms with van der Waals surface area (Å²) in [6.45, 7) is 0. The van der Waals surface area contributed by atoms with Crippen LogP contribution < -0.4 is 0 Å². The van der Waals surface area contributed by atoms with E-state index in [1.807, 2.05) is 0 Å². The molecule has 6 heteroatoms. The van der Waals surface area contributed by atoms with E-state index in [2.05, 4.69) is 105 Å². The van der Waals surface area contributed by atoms with E-state index in [4.69, 9.17) is 9.97 Å². The first-order valence-electron chi connectivity index (χ1n) is 11.0. The van der Waals surface area contributed by atoms with Crippen LogP contribution in [0.25, 0.3) is 66.4 Å². The minimum atomic E-state index is 0.794. The van der Waals surface area contributed by atoms with Crippen LogP contribution in [0.5, 0.6) is 0 Å². The fourth-order valence-electron chi connectivity index (χ4n) is 4.29. The Bertz CT molecular complexity index is 1540. The van der Waals surface area contributed by atoms with Gasteiger partial charge in [-0.3, -0.25) is 0 Å². The number of aromatic amines is 2. The van der Waals surface area contributed by atoms with E-state index >= 15 is 0 Å². The molecular weight excluding hydrogens is 456 g/mol. The average Bonchev–Trinajstić information content (AvgIpc) is 3.68. The zero-order chi connectivity index (χ0) is 22.5. The quantitative estimate of drug-likeness (QED) is 0.270. The first-order chi connectivity index (χ1) is 16.8. The predicted octanol–water partition coefficient (Wildman–Crippen LogP) is 8.23. The lowest BCUT2D eigenvalue weighted by Gasteiger charge is -2.01. The van der Waals surface area contributed by atoms with Crippen LogP contribution in [0, 0.1) is 0 Å². The lowest BCUT2D eigenvalue weighted by atomic mass is 10.1. The summed E-state index contributed by atoms with van der Waals surface area (Å²) in [4.78, 5) is 17.8. The molecule has 0 saturated heterocycles. The Labute approximate surface area is 203 Å². The van der Waals surface area contributed by atoms with E-state index in [0.717, 1.165) is 44.8 Å². The SMILES string of the molecule is c1csc(-c2ccc(-c3cc4nc5[nH]c(-c6ccc(-c7ccsc7)cc6)cc5nc4[nH]3)cc2)c1. The third-order valence-corrected chi connectivity index (χ3v) is 7.67. The van der Waals surface area contributed by atoms with Gasteiger partial charge in [-0.15, -0.1) is 11.3 Å². The molecule has 4 nitrogen and oxygen atoms in total. The van der Waals surface area contributed by atoms with E-state index in [1.165, 1.54) is 21.6 Å². The van der Waals surface area contributed by atoms with Crippen LogP contribution in [0.4, 0.5) is 0 Å². The summed E-state index contributed by atoms with van der Waals surface area (Å²) in [5, 5.41) is 6.37.